The van der Waals surface area contributed by atoms with Crippen LogP contribution in [0.25, 0.3) is 0 Å². The minimum atomic E-state index is -0.354. The van der Waals surface area contributed by atoms with E-state index >= 15 is 0 Å². The minimum absolute atomic E-state index is 0.354. The average molecular weight is 177 g/mol. The van der Waals surface area contributed by atoms with Crippen molar-refractivity contribution in [1.82, 2.24) is 0 Å². The summed E-state index contributed by atoms with van der Waals surface area (Å²) in [7, 11) is 0. The second-order valence-electron chi connectivity index (χ2n) is 3.62. The van der Waals surface area contributed by atoms with Crippen LogP contribution in [0.5, 0.6) is 0 Å². The first-order chi connectivity index (χ1) is 6.27. The fraction of sp³-hybridized carbons (Fsp3) is 0.455. The highest BCUT2D eigenvalue weighted by Crippen LogP contribution is 2.25. The van der Waals surface area contributed by atoms with Crippen molar-refractivity contribution in [2.75, 3.05) is 11.9 Å². The van der Waals surface area contributed by atoms with Crippen LogP contribution in [0.15, 0.2) is 18.2 Å². The SMILES string of the molecule is C[C@@H](O)c1ccc2c(c1)CCCN2. The van der Waals surface area contributed by atoms with Crippen LogP contribution >= 0.6 is 0 Å². The molecule has 1 aliphatic rings. The number of fused-ring (bicyclic) bond motifs is 1. The third-order valence-corrected chi connectivity index (χ3v) is 2.55. The van der Waals surface area contributed by atoms with E-state index in [9.17, 15) is 5.11 Å². The monoisotopic (exact) mass is 177 g/mol. The zero-order valence-corrected chi connectivity index (χ0v) is 7.88. The van der Waals surface area contributed by atoms with E-state index in [1.807, 2.05) is 6.07 Å². The summed E-state index contributed by atoms with van der Waals surface area (Å²) in [4.78, 5) is 0. The van der Waals surface area contributed by atoms with Crippen LogP contribution in [0.4, 0.5) is 5.69 Å². The van der Waals surface area contributed by atoms with E-state index < -0.39 is 0 Å². The van der Waals surface area contributed by atoms with Crippen LogP contribution in [0.2, 0.25) is 0 Å². The van der Waals surface area contributed by atoms with Gasteiger partial charge in [0.05, 0.1) is 6.10 Å². The first-order valence-corrected chi connectivity index (χ1v) is 4.82. The molecule has 1 aliphatic heterocycles. The molecule has 0 saturated heterocycles. The summed E-state index contributed by atoms with van der Waals surface area (Å²) >= 11 is 0. The van der Waals surface area contributed by atoms with E-state index in [2.05, 4.69) is 17.4 Å². The van der Waals surface area contributed by atoms with Crippen LogP contribution in [0.1, 0.15) is 30.6 Å². The smallest absolute Gasteiger partial charge is 0.0762 e. The Morgan fingerprint density at radius 3 is 3.08 bits per heavy atom. The summed E-state index contributed by atoms with van der Waals surface area (Å²) in [6, 6.07) is 6.16. The second kappa shape index (κ2) is 3.38. The number of anilines is 1. The lowest BCUT2D eigenvalue weighted by Gasteiger charge is -2.19. The molecule has 0 amide bonds. The molecule has 0 unspecified atom stereocenters. The number of benzene rings is 1. The van der Waals surface area contributed by atoms with Gasteiger partial charge in [-0.15, -0.1) is 0 Å². The van der Waals surface area contributed by atoms with E-state index in [-0.39, 0.29) is 6.10 Å². The summed E-state index contributed by atoms with van der Waals surface area (Å²) in [5.74, 6) is 0. The van der Waals surface area contributed by atoms with E-state index in [4.69, 9.17) is 0 Å². The Bertz CT molecular complexity index is 307. The predicted octanol–water partition coefficient (Wildman–Crippen LogP) is 2.10. The predicted molar refractivity (Wildman–Crippen MR) is 53.9 cm³/mol. The van der Waals surface area contributed by atoms with Gasteiger partial charge in [-0.2, -0.15) is 0 Å². The molecule has 1 aromatic rings. The highest BCUT2D eigenvalue weighted by Gasteiger charge is 2.10. The van der Waals surface area contributed by atoms with Crippen molar-refractivity contribution in [3.05, 3.63) is 29.3 Å². The maximum atomic E-state index is 9.40. The summed E-state index contributed by atoms with van der Waals surface area (Å²) < 4.78 is 0. The van der Waals surface area contributed by atoms with E-state index in [0.717, 1.165) is 18.5 Å². The highest BCUT2D eigenvalue weighted by atomic mass is 16.3. The molecule has 0 radical (unpaired) electrons. The summed E-state index contributed by atoms with van der Waals surface area (Å²) in [6.45, 7) is 2.87. The van der Waals surface area contributed by atoms with Gasteiger partial charge < -0.3 is 10.4 Å². The Kier molecular flexibility index (Phi) is 2.23. The van der Waals surface area contributed by atoms with Gasteiger partial charge in [-0.1, -0.05) is 12.1 Å². The summed E-state index contributed by atoms with van der Waals surface area (Å²) in [6.07, 6.45) is 1.96. The molecule has 1 heterocycles. The molecule has 0 aromatic heterocycles. The molecule has 0 bridgehead atoms. The Morgan fingerprint density at radius 1 is 1.46 bits per heavy atom. The number of hydrogen-bond donors (Lipinski definition) is 2. The quantitative estimate of drug-likeness (QED) is 0.688. The van der Waals surface area contributed by atoms with Gasteiger partial charge in [0.1, 0.15) is 0 Å². The van der Waals surface area contributed by atoms with Crippen molar-refractivity contribution in [3.63, 3.8) is 0 Å². The molecule has 1 aromatic carbocycles. The third kappa shape index (κ3) is 1.68. The lowest BCUT2D eigenvalue weighted by atomic mass is 9.99. The van der Waals surface area contributed by atoms with E-state index in [1.54, 1.807) is 6.92 Å². The molecule has 0 saturated carbocycles. The van der Waals surface area contributed by atoms with Gasteiger partial charge in [0.25, 0.3) is 0 Å². The number of rotatable bonds is 1. The maximum Gasteiger partial charge on any atom is 0.0762 e. The fourth-order valence-electron chi connectivity index (χ4n) is 1.75. The lowest BCUT2D eigenvalue weighted by molar-refractivity contribution is 0.199. The molecular weight excluding hydrogens is 162 g/mol. The van der Waals surface area contributed by atoms with Crippen LogP contribution in [-0.2, 0) is 6.42 Å². The van der Waals surface area contributed by atoms with Gasteiger partial charge in [0, 0.05) is 12.2 Å². The Labute approximate surface area is 78.6 Å². The van der Waals surface area contributed by atoms with Crippen LogP contribution in [-0.4, -0.2) is 11.7 Å². The zero-order valence-electron chi connectivity index (χ0n) is 7.88. The van der Waals surface area contributed by atoms with Crippen molar-refractivity contribution in [2.24, 2.45) is 0 Å². The van der Waals surface area contributed by atoms with Crippen molar-refractivity contribution in [2.45, 2.75) is 25.9 Å². The van der Waals surface area contributed by atoms with E-state index in [0.29, 0.717) is 0 Å². The number of aliphatic hydroxyl groups is 1. The topological polar surface area (TPSA) is 32.3 Å². The van der Waals surface area contributed by atoms with Gasteiger partial charge in [-0.25, -0.2) is 0 Å². The highest BCUT2D eigenvalue weighted by molar-refractivity contribution is 5.54. The van der Waals surface area contributed by atoms with Crippen LogP contribution < -0.4 is 5.32 Å². The molecule has 1 atom stereocenters. The largest absolute Gasteiger partial charge is 0.389 e. The molecule has 2 rings (SSSR count). The van der Waals surface area contributed by atoms with Crippen molar-refractivity contribution in [3.8, 4) is 0 Å². The molecule has 0 spiro atoms. The number of aryl methyl sites for hydroxylation is 1. The van der Waals surface area contributed by atoms with Gasteiger partial charge >= 0.3 is 0 Å². The first kappa shape index (κ1) is 8.57. The molecule has 2 heteroatoms. The van der Waals surface area contributed by atoms with Crippen molar-refractivity contribution < 1.29 is 5.11 Å². The van der Waals surface area contributed by atoms with Crippen molar-refractivity contribution in [1.29, 1.82) is 0 Å². The standard InChI is InChI=1S/C11H15NO/c1-8(13)9-4-5-11-10(7-9)3-2-6-12-11/h4-5,7-8,12-13H,2-3,6H2,1H3/t8-/m1/s1. The molecule has 0 fully saturated rings. The number of hydrogen-bond acceptors (Lipinski definition) is 2. The normalized spacial score (nSPS) is 17.4. The van der Waals surface area contributed by atoms with Crippen LogP contribution in [0.3, 0.4) is 0 Å². The summed E-state index contributed by atoms with van der Waals surface area (Å²) in [5, 5.41) is 12.8. The van der Waals surface area contributed by atoms with Gasteiger partial charge in [0.2, 0.25) is 0 Å². The molecule has 2 nitrogen and oxygen atoms in total. The number of nitrogens with one attached hydrogen (secondary N) is 1. The third-order valence-electron chi connectivity index (χ3n) is 2.55. The fourth-order valence-corrected chi connectivity index (χ4v) is 1.75. The average Bonchev–Trinajstić information content (AvgIpc) is 2.17. The molecular formula is C11H15NO. The van der Waals surface area contributed by atoms with Gasteiger partial charge in [0.15, 0.2) is 0 Å². The second-order valence-corrected chi connectivity index (χ2v) is 3.62. The molecule has 2 N–H and O–H groups in total. The Morgan fingerprint density at radius 2 is 2.31 bits per heavy atom. The summed E-state index contributed by atoms with van der Waals surface area (Å²) in [5.41, 5.74) is 3.59. The minimum Gasteiger partial charge on any atom is -0.389 e. The zero-order chi connectivity index (χ0) is 9.26. The van der Waals surface area contributed by atoms with Crippen LogP contribution in [0, 0.1) is 0 Å². The Hall–Kier alpha value is -1.02. The van der Waals surface area contributed by atoms with Crippen molar-refractivity contribution >= 4 is 5.69 Å². The molecule has 13 heavy (non-hydrogen) atoms. The first-order valence-electron chi connectivity index (χ1n) is 4.82. The van der Waals surface area contributed by atoms with Gasteiger partial charge in [-0.3, -0.25) is 0 Å². The van der Waals surface area contributed by atoms with E-state index in [1.165, 1.54) is 17.7 Å². The van der Waals surface area contributed by atoms with Gasteiger partial charge in [-0.05, 0) is 37.0 Å². The Balaban J connectivity index is 2.35. The lowest BCUT2D eigenvalue weighted by Crippen LogP contribution is -2.12. The molecule has 70 valence electrons. The molecule has 0 aliphatic carbocycles. The number of aliphatic hydroxyl groups excluding tert-OH is 1. The maximum absolute atomic E-state index is 9.40.